The highest BCUT2D eigenvalue weighted by Gasteiger charge is 2.47. The highest BCUT2D eigenvalue weighted by molar-refractivity contribution is 5.49. The van der Waals surface area contributed by atoms with Crippen LogP contribution in [-0.4, -0.2) is 41.8 Å². The van der Waals surface area contributed by atoms with Crippen molar-refractivity contribution in [3.05, 3.63) is 23.8 Å². The van der Waals surface area contributed by atoms with Crippen molar-refractivity contribution < 1.29 is 14.6 Å². The van der Waals surface area contributed by atoms with Gasteiger partial charge in [0.25, 0.3) is 0 Å². The first-order chi connectivity index (χ1) is 9.54. The second kappa shape index (κ2) is 4.93. The Morgan fingerprint density at radius 2 is 2.00 bits per heavy atom. The van der Waals surface area contributed by atoms with Crippen molar-refractivity contribution in [1.29, 1.82) is 0 Å². The first kappa shape index (κ1) is 13.7. The molecule has 0 radical (unpaired) electrons. The van der Waals surface area contributed by atoms with Crippen molar-refractivity contribution in [1.82, 2.24) is 4.90 Å². The van der Waals surface area contributed by atoms with E-state index >= 15 is 0 Å². The zero-order chi connectivity index (χ0) is 14.3. The van der Waals surface area contributed by atoms with E-state index in [-0.39, 0.29) is 6.04 Å². The fourth-order valence-electron chi connectivity index (χ4n) is 3.62. The van der Waals surface area contributed by atoms with E-state index in [0.29, 0.717) is 5.75 Å². The van der Waals surface area contributed by atoms with Gasteiger partial charge in [-0.15, -0.1) is 0 Å². The van der Waals surface area contributed by atoms with E-state index in [2.05, 4.69) is 18.7 Å². The molecular weight excluding hydrogens is 254 g/mol. The molecule has 2 aliphatic heterocycles. The highest BCUT2D eigenvalue weighted by atomic mass is 16.5. The maximum atomic E-state index is 10.9. The molecule has 0 spiro atoms. The van der Waals surface area contributed by atoms with Crippen LogP contribution in [0.15, 0.2) is 18.2 Å². The van der Waals surface area contributed by atoms with Crippen LogP contribution < -0.4 is 9.47 Å². The summed E-state index contributed by atoms with van der Waals surface area (Å²) in [5.41, 5.74) is 0.370. The predicted molar refractivity (Wildman–Crippen MR) is 77.3 cm³/mol. The minimum Gasteiger partial charge on any atom is -0.496 e. The third-order valence-electron chi connectivity index (χ3n) is 4.46. The smallest absolute Gasteiger partial charge is 0.129 e. The van der Waals surface area contributed by atoms with Crippen LogP contribution in [0.2, 0.25) is 0 Å². The van der Waals surface area contributed by atoms with Crippen molar-refractivity contribution in [2.75, 3.05) is 20.2 Å². The fourth-order valence-corrected chi connectivity index (χ4v) is 3.62. The lowest BCUT2D eigenvalue weighted by Gasteiger charge is -2.47. The standard InChI is InChI=1S/C16H23NO3/c1-16(2)15(17-9-4-5-10-17)14(18)13-11(19-3)7-6-8-12(13)20-16/h6-8,14-15,18H,4-5,9-10H2,1-3H3. The lowest BCUT2D eigenvalue weighted by Crippen LogP contribution is -2.57. The number of rotatable bonds is 2. The van der Waals surface area contributed by atoms with Crippen molar-refractivity contribution in [3.63, 3.8) is 0 Å². The largest absolute Gasteiger partial charge is 0.496 e. The molecule has 0 saturated carbocycles. The van der Waals surface area contributed by atoms with Gasteiger partial charge in [-0.25, -0.2) is 0 Å². The average molecular weight is 277 g/mol. The zero-order valence-electron chi connectivity index (χ0n) is 12.4. The van der Waals surface area contributed by atoms with Gasteiger partial charge in [0.15, 0.2) is 0 Å². The molecule has 3 rings (SSSR count). The van der Waals surface area contributed by atoms with E-state index < -0.39 is 11.7 Å². The van der Waals surface area contributed by atoms with Gasteiger partial charge in [-0.2, -0.15) is 0 Å². The molecule has 0 aliphatic carbocycles. The molecule has 2 aliphatic rings. The molecule has 1 aromatic carbocycles. The quantitative estimate of drug-likeness (QED) is 0.901. The summed E-state index contributed by atoms with van der Waals surface area (Å²) in [5.74, 6) is 1.44. The highest BCUT2D eigenvalue weighted by Crippen LogP contribution is 2.46. The molecule has 1 saturated heterocycles. The van der Waals surface area contributed by atoms with Crippen LogP contribution in [0, 0.1) is 0 Å². The Kier molecular flexibility index (Phi) is 3.38. The van der Waals surface area contributed by atoms with Gasteiger partial charge in [0.2, 0.25) is 0 Å². The Morgan fingerprint density at radius 3 is 2.65 bits per heavy atom. The van der Waals surface area contributed by atoms with E-state index in [1.165, 1.54) is 12.8 Å². The van der Waals surface area contributed by atoms with Crippen LogP contribution in [0.3, 0.4) is 0 Å². The Hall–Kier alpha value is -1.26. The van der Waals surface area contributed by atoms with E-state index in [9.17, 15) is 5.11 Å². The Balaban J connectivity index is 2.04. The van der Waals surface area contributed by atoms with Crippen LogP contribution >= 0.6 is 0 Å². The normalized spacial score (nSPS) is 28.8. The molecule has 4 nitrogen and oxygen atoms in total. The first-order valence-electron chi connectivity index (χ1n) is 7.32. The summed E-state index contributed by atoms with van der Waals surface area (Å²) in [6.45, 7) is 6.17. The number of nitrogens with zero attached hydrogens (tertiary/aromatic N) is 1. The summed E-state index contributed by atoms with van der Waals surface area (Å²) < 4.78 is 11.6. The summed E-state index contributed by atoms with van der Waals surface area (Å²) in [4.78, 5) is 2.35. The number of benzene rings is 1. The van der Waals surface area contributed by atoms with Gasteiger partial charge in [0.1, 0.15) is 23.2 Å². The maximum absolute atomic E-state index is 10.9. The third kappa shape index (κ3) is 2.07. The number of methoxy groups -OCH3 is 1. The second-order valence-electron chi connectivity index (χ2n) is 6.21. The first-order valence-corrected chi connectivity index (χ1v) is 7.32. The van der Waals surface area contributed by atoms with E-state index in [4.69, 9.17) is 9.47 Å². The number of hydrogen-bond donors (Lipinski definition) is 1. The van der Waals surface area contributed by atoms with E-state index in [1.807, 2.05) is 18.2 Å². The lowest BCUT2D eigenvalue weighted by atomic mass is 9.84. The minimum absolute atomic E-state index is 0.0335. The molecule has 2 unspecified atom stereocenters. The molecular formula is C16H23NO3. The number of ether oxygens (including phenoxy) is 2. The molecule has 0 aromatic heterocycles. The Labute approximate surface area is 120 Å². The summed E-state index contributed by atoms with van der Waals surface area (Å²) in [6.07, 6.45) is 1.80. The topological polar surface area (TPSA) is 41.9 Å². The van der Waals surface area contributed by atoms with Crippen molar-refractivity contribution >= 4 is 0 Å². The van der Waals surface area contributed by atoms with Crippen LogP contribution in [0.4, 0.5) is 0 Å². The third-order valence-corrected chi connectivity index (χ3v) is 4.46. The van der Waals surface area contributed by atoms with Gasteiger partial charge in [0, 0.05) is 0 Å². The molecule has 0 amide bonds. The molecule has 4 heteroatoms. The SMILES string of the molecule is COc1cccc2c1C(O)C(N1CCCC1)C(C)(C)O2. The minimum atomic E-state index is -0.581. The summed E-state index contributed by atoms with van der Waals surface area (Å²) in [6, 6.07) is 5.65. The number of likely N-dealkylation sites (tertiary alicyclic amines) is 1. The summed E-state index contributed by atoms with van der Waals surface area (Å²) >= 11 is 0. The van der Waals surface area contributed by atoms with Crippen LogP contribution in [0.25, 0.3) is 0 Å². The van der Waals surface area contributed by atoms with Crippen molar-refractivity contribution in [2.24, 2.45) is 0 Å². The molecule has 2 heterocycles. The van der Waals surface area contributed by atoms with Crippen molar-refractivity contribution in [3.8, 4) is 11.5 Å². The Bertz CT molecular complexity index is 494. The maximum Gasteiger partial charge on any atom is 0.129 e. The lowest BCUT2D eigenvalue weighted by molar-refractivity contribution is -0.0766. The average Bonchev–Trinajstić information content (AvgIpc) is 2.90. The summed E-state index contributed by atoms with van der Waals surface area (Å²) in [5, 5.41) is 10.9. The Morgan fingerprint density at radius 1 is 1.30 bits per heavy atom. The van der Waals surface area contributed by atoms with E-state index in [0.717, 1.165) is 24.4 Å². The fraction of sp³-hybridized carbons (Fsp3) is 0.625. The summed E-state index contributed by atoms with van der Waals surface area (Å²) in [7, 11) is 1.63. The number of aliphatic hydroxyl groups is 1. The number of aliphatic hydroxyl groups excluding tert-OH is 1. The van der Waals surface area contributed by atoms with Gasteiger partial charge in [-0.05, 0) is 51.9 Å². The van der Waals surface area contributed by atoms with Crippen molar-refractivity contribution in [2.45, 2.75) is 44.4 Å². The second-order valence-corrected chi connectivity index (χ2v) is 6.21. The number of hydrogen-bond acceptors (Lipinski definition) is 4. The van der Waals surface area contributed by atoms with E-state index in [1.54, 1.807) is 7.11 Å². The van der Waals surface area contributed by atoms with Gasteiger partial charge >= 0.3 is 0 Å². The molecule has 2 atom stereocenters. The molecule has 110 valence electrons. The monoisotopic (exact) mass is 277 g/mol. The predicted octanol–water partition coefficient (Wildman–Crippen LogP) is 2.36. The van der Waals surface area contributed by atoms with Crippen LogP contribution in [0.1, 0.15) is 38.4 Å². The zero-order valence-corrected chi connectivity index (χ0v) is 12.4. The van der Waals surface area contributed by atoms with Gasteiger partial charge < -0.3 is 14.6 Å². The van der Waals surface area contributed by atoms with Crippen LogP contribution in [0.5, 0.6) is 11.5 Å². The van der Waals surface area contributed by atoms with Gasteiger partial charge in [-0.3, -0.25) is 4.90 Å². The van der Waals surface area contributed by atoms with Gasteiger partial charge in [-0.1, -0.05) is 6.07 Å². The molecule has 20 heavy (non-hydrogen) atoms. The van der Waals surface area contributed by atoms with Gasteiger partial charge in [0.05, 0.1) is 18.7 Å². The molecule has 0 bridgehead atoms. The van der Waals surface area contributed by atoms with Crippen LogP contribution in [-0.2, 0) is 0 Å². The molecule has 1 aromatic rings. The molecule has 1 N–H and O–H groups in total. The molecule has 1 fully saturated rings. The number of fused-ring (bicyclic) bond motifs is 1.